The fourth-order valence-electron chi connectivity index (χ4n) is 2.60. The second-order valence-electron chi connectivity index (χ2n) is 3.88. The summed E-state index contributed by atoms with van der Waals surface area (Å²) < 4.78 is 5.29. The van der Waals surface area contributed by atoms with E-state index < -0.39 is 0 Å². The molecule has 2 bridgehead atoms. The van der Waals surface area contributed by atoms with Gasteiger partial charge in [-0.15, -0.1) is 0 Å². The van der Waals surface area contributed by atoms with Crippen LogP contribution < -0.4 is 0 Å². The maximum atomic E-state index is 11.3. The van der Waals surface area contributed by atoms with Crippen molar-refractivity contribution >= 4 is 5.91 Å². The number of hydrogen-bond acceptors (Lipinski definition) is 3. The highest BCUT2D eigenvalue weighted by Gasteiger charge is 2.46. The number of rotatable bonds is 2. The summed E-state index contributed by atoms with van der Waals surface area (Å²) in [7, 11) is 1.69. The molecule has 0 spiro atoms. The van der Waals surface area contributed by atoms with Gasteiger partial charge in [0.25, 0.3) is 0 Å². The molecule has 1 saturated heterocycles. The number of carbonyl (C=O) groups excluding carboxylic acids is 1. The van der Waals surface area contributed by atoms with Crippen molar-refractivity contribution < 1.29 is 14.6 Å². The van der Waals surface area contributed by atoms with Crippen LogP contribution in [0.4, 0.5) is 0 Å². The molecule has 4 heteroatoms. The Bertz CT molecular complexity index is 219. The van der Waals surface area contributed by atoms with Gasteiger partial charge in [0.05, 0.1) is 12.1 Å². The van der Waals surface area contributed by atoms with Gasteiger partial charge in [-0.05, 0) is 18.8 Å². The van der Waals surface area contributed by atoms with E-state index in [4.69, 9.17) is 9.84 Å². The monoisotopic (exact) mass is 185 g/mol. The Labute approximate surface area is 77.5 Å². The van der Waals surface area contributed by atoms with Crippen LogP contribution in [0, 0.1) is 5.92 Å². The molecular weight excluding hydrogens is 170 g/mol. The molecule has 0 aromatic rings. The van der Waals surface area contributed by atoms with Gasteiger partial charge in [-0.1, -0.05) is 0 Å². The van der Waals surface area contributed by atoms with Crippen molar-refractivity contribution in [2.45, 2.75) is 25.0 Å². The molecule has 1 aliphatic carbocycles. The third-order valence-corrected chi connectivity index (χ3v) is 3.18. The molecule has 4 nitrogen and oxygen atoms in total. The van der Waals surface area contributed by atoms with E-state index in [0.717, 1.165) is 19.4 Å². The van der Waals surface area contributed by atoms with Gasteiger partial charge in [0.2, 0.25) is 5.91 Å². The number of carbonyl (C=O) groups is 1. The van der Waals surface area contributed by atoms with Crippen molar-refractivity contribution in [2.24, 2.45) is 5.92 Å². The average molecular weight is 185 g/mol. The van der Waals surface area contributed by atoms with Crippen molar-refractivity contribution in [1.82, 2.24) is 4.90 Å². The van der Waals surface area contributed by atoms with Crippen molar-refractivity contribution in [3.8, 4) is 0 Å². The molecule has 2 rings (SSSR count). The summed E-state index contributed by atoms with van der Waals surface area (Å²) in [6.07, 6.45) is 2.30. The van der Waals surface area contributed by atoms with Gasteiger partial charge in [-0.2, -0.15) is 0 Å². The lowest BCUT2D eigenvalue weighted by Gasteiger charge is -2.31. The minimum atomic E-state index is -0.375. The topological polar surface area (TPSA) is 49.8 Å². The molecule has 1 amide bonds. The highest BCUT2D eigenvalue weighted by Crippen LogP contribution is 2.38. The molecule has 0 aromatic heterocycles. The number of amides is 1. The normalized spacial score (nSPS) is 37.1. The van der Waals surface area contributed by atoms with E-state index in [-0.39, 0.29) is 24.7 Å². The average Bonchev–Trinajstić information content (AvgIpc) is 2.74. The van der Waals surface area contributed by atoms with Crippen molar-refractivity contribution in [1.29, 1.82) is 0 Å². The maximum absolute atomic E-state index is 11.3. The number of hydrogen-bond donors (Lipinski definition) is 1. The SMILES string of the molecule is COC1CC2CC1N(C(=O)CO)C2. The maximum Gasteiger partial charge on any atom is 0.248 e. The van der Waals surface area contributed by atoms with Gasteiger partial charge in [0, 0.05) is 13.7 Å². The van der Waals surface area contributed by atoms with Crippen LogP contribution in [-0.4, -0.2) is 48.3 Å². The Hall–Kier alpha value is -0.610. The quantitative estimate of drug-likeness (QED) is 0.637. The minimum Gasteiger partial charge on any atom is -0.387 e. The van der Waals surface area contributed by atoms with Crippen LogP contribution in [0.15, 0.2) is 0 Å². The molecule has 0 radical (unpaired) electrons. The highest BCUT2D eigenvalue weighted by molar-refractivity contribution is 5.78. The van der Waals surface area contributed by atoms with E-state index in [1.807, 2.05) is 0 Å². The molecule has 1 heterocycles. The first kappa shape index (κ1) is 8.97. The molecular formula is C9H15NO3. The van der Waals surface area contributed by atoms with E-state index in [0.29, 0.717) is 5.92 Å². The standard InChI is InChI=1S/C9H15NO3/c1-13-8-3-6-2-7(8)10(4-6)9(12)5-11/h6-8,11H,2-5H2,1H3. The number of nitrogens with zero attached hydrogens (tertiary/aromatic N) is 1. The number of aliphatic hydroxyl groups excluding tert-OH is 1. The zero-order valence-electron chi connectivity index (χ0n) is 7.77. The largest absolute Gasteiger partial charge is 0.387 e. The lowest BCUT2D eigenvalue weighted by Crippen LogP contribution is -2.46. The molecule has 2 fully saturated rings. The Morgan fingerprint density at radius 3 is 2.92 bits per heavy atom. The predicted molar refractivity (Wildman–Crippen MR) is 46.1 cm³/mol. The van der Waals surface area contributed by atoms with Gasteiger partial charge in [-0.25, -0.2) is 0 Å². The van der Waals surface area contributed by atoms with Crippen molar-refractivity contribution in [3.63, 3.8) is 0 Å². The third-order valence-electron chi connectivity index (χ3n) is 3.18. The minimum absolute atomic E-state index is 0.158. The fourth-order valence-corrected chi connectivity index (χ4v) is 2.60. The van der Waals surface area contributed by atoms with Gasteiger partial charge in [0.1, 0.15) is 6.61 Å². The van der Waals surface area contributed by atoms with E-state index in [9.17, 15) is 4.79 Å². The Balaban J connectivity index is 2.05. The number of piperidine rings is 1. The van der Waals surface area contributed by atoms with Crippen molar-refractivity contribution in [3.05, 3.63) is 0 Å². The molecule has 1 aliphatic heterocycles. The molecule has 3 unspecified atom stereocenters. The van der Waals surface area contributed by atoms with Crippen LogP contribution >= 0.6 is 0 Å². The third kappa shape index (κ3) is 1.34. The second kappa shape index (κ2) is 3.27. The zero-order valence-corrected chi connectivity index (χ0v) is 7.77. The van der Waals surface area contributed by atoms with Crippen molar-refractivity contribution in [2.75, 3.05) is 20.3 Å². The number of likely N-dealkylation sites (tertiary alicyclic amines) is 1. The molecule has 1 saturated carbocycles. The van der Waals surface area contributed by atoms with E-state index in [2.05, 4.69) is 0 Å². The highest BCUT2D eigenvalue weighted by atomic mass is 16.5. The molecule has 1 N–H and O–H groups in total. The van der Waals surface area contributed by atoms with Crippen LogP contribution in [0.25, 0.3) is 0 Å². The summed E-state index contributed by atoms with van der Waals surface area (Å²) in [6.45, 7) is 0.434. The molecule has 74 valence electrons. The summed E-state index contributed by atoms with van der Waals surface area (Å²) in [5.41, 5.74) is 0. The first-order valence-electron chi connectivity index (χ1n) is 4.69. The summed E-state index contributed by atoms with van der Waals surface area (Å²) in [5, 5.41) is 8.75. The number of methoxy groups -OCH3 is 1. The van der Waals surface area contributed by atoms with E-state index in [1.54, 1.807) is 12.0 Å². The predicted octanol–water partition coefficient (Wildman–Crippen LogP) is -0.385. The summed E-state index contributed by atoms with van der Waals surface area (Å²) >= 11 is 0. The van der Waals surface area contributed by atoms with Crippen LogP contribution in [0.2, 0.25) is 0 Å². The fraction of sp³-hybridized carbons (Fsp3) is 0.889. The Kier molecular flexibility index (Phi) is 2.26. The summed E-state index contributed by atoms with van der Waals surface area (Å²) in [4.78, 5) is 13.1. The smallest absolute Gasteiger partial charge is 0.248 e. The molecule has 2 aliphatic rings. The first-order chi connectivity index (χ1) is 6.26. The zero-order chi connectivity index (χ0) is 9.42. The number of ether oxygens (including phenoxy) is 1. The lowest BCUT2D eigenvalue weighted by molar-refractivity contribution is -0.138. The second-order valence-corrected chi connectivity index (χ2v) is 3.88. The Morgan fingerprint density at radius 2 is 2.38 bits per heavy atom. The molecule has 0 aromatic carbocycles. The van der Waals surface area contributed by atoms with Gasteiger partial charge < -0.3 is 14.7 Å². The van der Waals surface area contributed by atoms with Crippen LogP contribution in [0.5, 0.6) is 0 Å². The number of fused-ring (bicyclic) bond motifs is 2. The van der Waals surface area contributed by atoms with Crippen LogP contribution in [0.3, 0.4) is 0 Å². The Morgan fingerprint density at radius 1 is 1.62 bits per heavy atom. The van der Waals surface area contributed by atoms with Gasteiger partial charge in [-0.3, -0.25) is 4.79 Å². The summed E-state index contributed by atoms with van der Waals surface area (Å²) in [5.74, 6) is 0.430. The van der Waals surface area contributed by atoms with E-state index >= 15 is 0 Å². The van der Waals surface area contributed by atoms with E-state index in [1.165, 1.54) is 0 Å². The lowest BCUT2D eigenvalue weighted by atomic mass is 10.1. The van der Waals surface area contributed by atoms with Gasteiger partial charge in [0.15, 0.2) is 0 Å². The van der Waals surface area contributed by atoms with Gasteiger partial charge >= 0.3 is 0 Å². The number of aliphatic hydroxyl groups is 1. The van der Waals surface area contributed by atoms with Crippen LogP contribution in [0.1, 0.15) is 12.8 Å². The molecule has 3 atom stereocenters. The first-order valence-corrected chi connectivity index (χ1v) is 4.69. The summed E-state index contributed by atoms with van der Waals surface area (Å²) in [6, 6.07) is 0.217. The van der Waals surface area contributed by atoms with Crippen LogP contribution in [-0.2, 0) is 9.53 Å². The molecule has 13 heavy (non-hydrogen) atoms.